The van der Waals surface area contributed by atoms with Crippen LogP contribution in [0.25, 0.3) is 0 Å². The highest BCUT2D eigenvalue weighted by atomic mass is 35.5. The molecule has 2 aromatic carbocycles. The van der Waals surface area contributed by atoms with E-state index in [0.29, 0.717) is 29.5 Å². The van der Waals surface area contributed by atoms with Gasteiger partial charge in [-0.15, -0.1) is 0 Å². The molecule has 1 saturated heterocycles. The predicted molar refractivity (Wildman–Crippen MR) is 103 cm³/mol. The van der Waals surface area contributed by atoms with Crippen molar-refractivity contribution in [2.75, 3.05) is 25.7 Å². The average Bonchev–Trinajstić information content (AvgIpc) is 3.08. The molecule has 0 radical (unpaired) electrons. The zero-order valence-electron chi connectivity index (χ0n) is 15.2. The maximum atomic E-state index is 12.5. The first-order chi connectivity index (χ1) is 13.0. The largest absolute Gasteiger partial charge is 0.497 e. The van der Waals surface area contributed by atoms with E-state index in [-0.39, 0.29) is 18.2 Å². The summed E-state index contributed by atoms with van der Waals surface area (Å²) < 4.78 is 10.4. The highest BCUT2D eigenvalue weighted by Gasteiger charge is 2.36. The van der Waals surface area contributed by atoms with Crippen molar-refractivity contribution >= 4 is 29.1 Å². The first-order valence-electron chi connectivity index (χ1n) is 8.56. The summed E-state index contributed by atoms with van der Waals surface area (Å²) in [4.78, 5) is 26.5. The third-order valence-electron chi connectivity index (χ3n) is 4.55. The van der Waals surface area contributed by atoms with E-state index >= 15 is 0 Å². The molecule has 0 aromatic heterocycles. The van der Waals surface area contributed by atoms with E-state index in [1.807, 2.05) is 24.3 Å². The van der Waals surface area contributed by atoms with Crippen molar-refractivity contribution in [1.82, 2.24) is 5.32 Å². The molecule has 1 aliphatic rings. The number of hydrogen-bond donors (Lipinski definition) is 1. The van der Waals surface area contributed by atoms with E-state index in [9.17, 15) is 9.59 Å². The van der Waals surface area contributed by atoms with Crippen molar-refractivity contribution in [3.63, 3.8) is 0 Å². The van der Waals surface area contributed by atoms with Crippen LogP contribution in [0.2, 0.25) is 5.02 Å². The Balaban J connectivity index is 1.64. The second kappa shape index (κ2) is 8.31. The van der Waals surface area contributed by atoms with Gasteiger partial charge in [-0.1, -0.05) is 23.7 Å². The number of rotatable bonds is 6. The zero-order chi connectivity index (χ0) is 19.4. The summed E-state index contributed by atoms with van der Waals surface area (Å²) in [6, 6.07) is 12.5. The second-order valence-corrected chi connectivity index (χ2v) is 6.72. The first kappa shape index (κ1) is 19.0. The van der Waals surface area contributed by atoms with E-state index in [0.717, 1.165) is 11.3 Å². The van der Waals surface area contributed by atoms with Gasteiger partial charge in [0.25, 0.3) is 0 Å². The highest BCUT2D eigenvalue weighted by molar-refractivity contribution is 6.31. The number of halogens is 1. The minimum Gasteiger partial charge on any atom is -0.497 e. The minimum atomic E-state index is -0.417. The molecule has 7 heteroatoms. The summed E-state index contributed by atoms with van der Waals surface area (Å²) in [5.74, 6) is 0.617. The molecule has 0 bridgehead atoms. The molecule has 1 fully saturated rings. The van der Waals surface area contributed by atoms with E-state index in [1.165, 1.54) is 7.11 Å². The Morgan fingerprint density at radius 3 is 2.59 bits per heavy atom. The number of anilines is 1. The molecule has 2 aromatic rings. The summed E-state index contributed by atoms with van der Waals surface area (Å²) in [5.41, 5.74) is 1.54. The lowest BCUT2D eigenvalue weighted by molar-refractivity contribution is -0.126. The number of benzene rings is 2. The number of ether oxygens (including phenoxy) is 2. The highest BCUT2D eigenvalue weighted by Crippen LogP contribution is 2.35. The van der Waals surface area contributed by atoms with Gasteiger partial charge in [-0.05, 0) is 35.9 Å². The van der Waals surface area contributed by atoms with Gasteiger partial charge in [0.1, 0.15) is 11.5 Å². The van der Waals surface area contributed by atoms with Gasteiger partial charge in [0.2, 0.25) is 11.8 Å². The molecule has 27 heavy (non-hydrogen) atoms. The number of hydrogen-bond acceptors (Lipinski definition) is 4. The molecular weight excluding hydrogens is 368 g/mol. The van der Waals surface area contributed by atoms with E-state index < -0.39 is 5.92 Å². The van der Waals surface area contributed by atoms with Crippen LogP contribution in [0.5, 0.6) is 11.5 Å². The smallest absolute Gasteiger partial charge is 0.227 e. The lowest BCUT2D eigenvalue weighted by Crippen LogP contribution is -2.32. The third kappa shape index (κ3) is 4.34. The Labute approximate surface area is 163 Å². The molecule has 0 unspecified atom stereocenters. The van der Waals surface area contributed by atoms with Crippen LogP contribution in [0, 0.1) is 5.92 Å². The number of methoxy groups -OCH3 is 2. The van der Waals surface area contributed by atoms with Gasteiger partial charge in [-0.25, -0.2) is 0 Å². The lowest BCUT2D eigenvalue weighted by Gasteiger charge is -2.20. The summed E-state index contributed by atoms with van der Waals surface area (Å²) in [6.45, 7) is 0.692. The number of nitrogens with one attached hydrogen (secondary N) is 1. The molecule has 1 heterocycles. The number of carbonyl (C=O) groups is 2. The van der Waals surface area contributed by atoms with Crippen molar-refractivity contribution in [3.8, 4) is 11.5 Å². The van der Waals surface area contributed by atoms with E-state index in [4.69, 9.17) is 21.1 Å². The molecule has 0 aliphatic carbocycles. The van der Waals surface area contributed by atoms with E-state index in [1.54, 1.807) is 30.2 Å². The second-order valence-electron chi connectivity index (χ2n) is 6.29. The molecular formula is C20H21ClN2O4. The lowest BCUT2D eigenvalue weighted by atomic mass is 10.1. The molecule has 1 aliphatic heterocycles. The van der Waals surface area contributed by atoms with Gasteiger partial charge in [-0.2, -0.15) is 0 Å². The molecule has 0 spiro atoms. The summed E-state index contributed by atoms with van der Waals surface area (Å²) in [5, 5.41) is 3.40. The standard InChI is InChI=1S/C20H21ClN2O4/c1-26-16-6-3-13(4-7-16)11-22-20(25)14-9-19(24)23(12-14)17-10-15(21)5-8-18(17)27-2/h3-8,10,14H,9,11-12H2,1-2H3,(H,22,25)/t14-/m1/s1. The van der Waals surface area contributed by atoms with Crippen LogP contribution in [0.4, 0.5) is 5.69 Å². The molecule has 142 valence electrons. The molecule has 0 saturated carbocycles. The number of amides is 2. The van der Waals surface area contributed by atoms with Crippen molar-refractivity contribution < 1.29 is 19.1 Å². The molecule has 1 atom stereocenters. The van der Waals surface area contributed by atoms with Crippen LogP contribution in [0.3, 0.4) is 0 Å². The van der Waals surface area contributed by atoms with Crippen LogP contribution < -0.4 is 19.7 Å². The Morgan fingerprint density at radius 1 is 1.19 bits per heavy atom. The van der Waals surface area contributed by atoms with Crippen LogP contribution in [-0.4, -0.2) is 32.6 Å². The normalized spacial score (nSPS) is 16.3. The molecule has 2 amide bonds. The molecule has 3 rings (SSSR count). The molecule has 1 N–H and O–H groups in total. The van der Waals surface area contributed by atoms with Gasteiger partial charge in [0, 0.05) is 24.5 Å². The predicted octanol–water partition coefficient (Wildman–Crippen LogP) is 3.03. The summed E-state index contributed by atoms with van der Waals surface area (Å²) in [7, 11) is 3.14. The Hall–Kier alpha value is -2.73. The first-order valence-corrected chi connectivity index (χ1v) is 8.94. The quantitative estimate of drug-likeness (QED) is 0.826. The Kier molecular flexibility index (Phi) is 5.86. The van der Waals surface area contributed by atoms with Crippen molar-refractivity contribution in [2.24, 2.45) is 5.92 Å². The van der Waals surface area contributed by atoms with Gasteiger partial charge < -0.3 is 19.7 Å². The maximum Gasteiger partial charge on any atom is 0.227 e. The van der Waals surface area contributed by atoms with Crippen LogP contribution in [0.15, 0.2) is 42.5 Å². The minimum absolute atomic E-state index is 0.125. The SMILES string of the molecule is COc1ccc(CNC(=O)[C@@H]2CC(=O)N(c3cc(Cl)ccc3OC)C2)cc1. The van der Waals surface area contributed by atoms with Crippen LogP contribution >= 0.6 is 11.6 Å². The fourth-order valence-electron chi connectivity index (χ4n) is 3.07. The number of carbonyl (C=O) groups excluding carboxylic acids is 2. The fraction of sp³-hybridized carbons (Fsp3) is 0.300. The van der Waals surface area contributed by atoms with Crippen LogP contribution in [0.1, 0.15) is 12.0 Å². The topological polar surface area (TPSA) is 67.9 Å². The third-order valence-corrected chi connectivity index (χ3v) is 4.79. The maximum absolute atomic E-state index is 12.5. The zero-order valence-corrected chi connectivity index (χ0v) is 16.0. The Bertz CT molecular complexity index is 838. The summed E-state index contributed by atoms with van der Waals surface area (Å²) in [6.07, 6.45) is 0.157. The van der Waals surface area contributed by atoms with Crippen molar-refractivity contribution in [1.29, 1.82) is 0 Å². The fourth-order valence-corrected chi connectivity index (χ4v) is 3.23. The molecule has 6 nitrogen and oxygen atoms in total. The number of nitrogens with zero attached hydrogens (tertiary/aromatic N) is 1. The monoisotopic (exact) mass is 388 g/mol. The average molecular weight is 389 g/mol. The van der Waals surface area contributed by atoms with Gasteiger partial charge in [0.05, 0.1) is 25.8 Å². The van der Waals surface area contributed by atoms with Gasteiger partial charge >= 0.3 is 0 Å². The Morgan fingerprint density at radius 2 is 1.93 bits per heavy atom. The van der Waals surface area contributed by atoms with Crippen molar-refractivity contribution in [2.45, 2.75) is 13.0 Å². The van der Waals surface area contributed by atoms with Gasteiger partial charge in [0.15, 0.2) is 0 Å². The van der Waals surface area contributed by atoms with Gasteiger partial charge in [-0.3, -0.25) is 9.59 Å². The van der Waals surface area contributed by atoms with Crippen LogP contribution in [-0.2, 0) is 16.1 Å². The van der Waals surface area contributed by atoms with E-state index in [2.05, 4.69) is 5.32 Å². The summed E-state index contributed by atoms with van der Waals surface area (Å²) >= 11 is 6.06. The van der Waals surface area contributed by atoms with Crippen molar-refractivity contribution in [3.05, 3.63) is 53.1 Å².